The topological polar surface area (TPSA) is 80.3 Å². The average Bonchev–Trinajstić information content (AvgIpc) is 3.34. The lowest BCUT2D eigenvalue weighted by Gasteiger charge is -2.29. The smallest absolute Gasteiger partial charge is 0.270 e. The Morgan fingerprint density at radius 2 is 1.58 bits per heavy atom. The highest BCUT2D eigenvalue weighted by atomic mass is 32.1. The van der Waals surface area contributed by atoms with E-state index in [9.17, 15) is 14.0 Å². The van der Waals surface area contributed by atoms with Crippen LogP contribution in [0.2, 0.25) is 0 Å². The second-order valence-corrected chi connectivity index (χ2v) is 11.1. The van der Waals surface area contributed by atoms with Gasteiger partial charge in [-0.3, -0.25) is 9.59 Å². The number of amides is 2. The molecule has 2 N–H and O–H groups in total. The van der Waals surface area contributed by atoms with E-state index in [0.29, 0.717) is 16.3 Å². The van der Waals surface area contributed by atoms with E-state index in [0.717, 1.165) is 25.7 Å². The molecular weight excluding hydrogens is 477 g/mol. The van der Waals surface area contributed by atoms with Crippen LogP contribution in [0.15, 0.2) is 53.9 Å². The number of ether oxygens (including phenoxy) is 1. The van der Waals surface area contributed by atoms with Crippen LogP contribution in [0.1, 0.15) is 77.9 Å². The SMILES string of the molecule is CC(C)(C)c1ccc(C(=O)NC2CCC(NC(=O)c3csc(COc4ccccc4F)n3)CC2)cc1. The minimum absolute atomic E-state index is 0.0385. The molecule has 2 aromatic carbocycles. The molecule has 0 atom stereocenters. The van der Waals surface area contributed by atoms with E-state index >= 15 is 0 Å². The highest BCUT2D eigenvalue weighted by Gasteiger charge is 2.25. The van der Waals surface area contributed by atoms with Crippen molar-refractivity contribution in [3.63, 3.8) is 0 Å². The first-order valence-electron chi connectivity index (χ1n) is 12.2. The molecule has 4 rings (SSSR count). The predicted molar refractivity (Wildman–Crippen MR) is 139 cm³/mol. The third-order valence-electron chi connectivity index (χ3n) is 6.38. The number of hydrogen-bond donors (Lipinski definition) is 2. The lowest BCUT2D eigenvalue weighted by molar-refractivity contribution is 0.0889. The van der Waals surface area contributed by atoms with Crippen molar-refractivity contribution in [1.29, 1.82) is 0 Å². The maximum atomic E-state index is 13.7. The standard InChI is InChI=1S/C28H32FN3O3S/c1-28(2,3)19-10-8-18(9-11-19)26(33)30-20-12-14-21(15-13-20)31-27(34)23-17-36-25(32-23)16-35-24-7-5-4-6-22(24)29/h4-11,17,20-21H,12-16H2,1-3H3,(H,30,33)(H,31,34). The lowest BCUT2D eigenvalue weighted by Crippen LogP contribution is -2.43. The Labute approximate surface area is 215 Å². The van der Waals surface area contributed by atoms with Gasteiger partial charge in [-0.1, -0.05) is 45.0 Å². The molecule has 1 aliphatic carbocycles. The van der Waals surface area contributed by atoms with E-state index in [1.54, 1.807) is 23.6 Å². The molecule has 6 nitrogen and oxygen atoms in total. The van der Waals surface area contributed by atoms with E-state index in [1.807, 2.05) is 24.3 Å². The Hall–Kier alpha value is -3.26. The van der Waals surface area contributed by atoms with Crippen molar-refractivity contribution < 1.29 is 18.7 Å². The Kier molecular flexibility index (Phi) is 8.04. The van der Waals surface area contributed by atoms with Crippen LogP contribution >= 0.6 is 11.3 Å². The second-order valence-electron chi connectivity index (χ2n) is 10.2. The van der Waals surface area contributed by atoms with Gasteiger partial charge in [0.1, 0.15) is 17.3 Å². The zero-order valence-electron chi connectivity index (χ0n) is 20.8. The maximum Gasteiger partial charge on any atom is 0.270 e. The van der Waals surface area contributed by atoms with Crippen molar-refractivity contribution in [3.05, 3.63) is 81.6 Å². The van der Waals surface area contributed by atoms with Gasteiger partial charge in [0.05, 0.1) is 0 Å². The maximum absolute atomic E-state index is 13.7. The fraction of sp³-hybridized carbons (Fsp3) is 0.393. The van der Waals surface area contributed by atoms with Crippen LogP contribution in [-0.2, 0) is 12.0 Å². The molecule has 1 saturated carbocycles. The number of nitrogens with one attached hydrogen (secondary N) is 2. The quantitative estimate of drug-likeness (QED) is 0.433. The minimum atomic E-state index is -0.433. The number of halogens is 1. The van der Waals surface area contributed by atoms with Crippen molar-refractivity contribution in [2.24, 2.45) is 0 Å². The summed E-state index contributed by atoms with van der Waals surface area (Å²) in [5.41, 5.74) is 2.24. The molecule has 1 aliphatic rings. The number of thiazole rings is 1. The molecule has 1 fully saturated rings. The second kappa shape index (κ2) is 11.2. The first-order chi connectivity index (χ1) is 17.2. The number of para-hydroxylation sites is 1. The summed E-state index contributed by atoms with van der Waals surface area (Å²) in [6, 6.07) is 14.1. The predicted octanol–water partition coefficient (Wildman–Crippen LogP) is 5.63. The number of carbonyl (C=O) groups excluding carboxylic acids is 2. The molecule has 1 heterocycles. The van der Waals surface area contributed by atoms with E-state index in [1.165, 1.54) is 23.0 Å². The first-order valence-corrected chi connectivity index (χ1v) is 13.1. The summed E-state index contributed by atoms with van der Waals surface area (Å²) in [7, 11) is 0. The van der Waals surface area contributed by atoms with Crippen molar-refractivity contribution in [1.82, 2.24) is 15.6 Å². The van der Waals surface area contributed by atoms with Gasteiger partial charge in [0.25, 0.3) is 11.8 Å². The highest BCUT2D eigenvalue weighted by Crippen LogP contribution is 2.24. The average molecular weight is 510 g/mol. The summed E-state index contributed by atoms with van der Waals surface area (Å²) in [5, 5.41) is 8.47. The lowest BCUT2D eigenvalue weighted by atomic mass is 9.86. The molecule has 3 aromatic rings. The van der Waals surface area contributed by atoms with Gasteiger partial charge in [-0.2, -0.15) is 0 Å². The van der Waals surface area contributed by atoms with Crippen molar-refractivity contribution in [3.8, 4) is 5.75 Å². The van der Waals surface area contributed by atoms with Gasteiger partial charge >= 0.3 is 0 Å². The monoisotopic (exact) mass is 509 g/mol. The van der Waals surface area contributed by atoms with Gasteiger partial charge in [-0.05, 0) is 60.9 Å². The van der Waals surface area contributed by atoms with E-state index < -0.39 is 5.82 Å². The Morgan fingerprint density at radius 1 is 0.972 bits per heavy atom. The van der Waals surface area contributed by atoms with Gasteiger partial charge in [0.2, 0.25) is 0 Å². The fourth-order valence-electron chi connectivity index (χ4n) is 4.21. The fourth-order valence-corrected chi connectivity index (χ4v) is 4.90. The molecule has 0 bridgehead atoms. The number of benzene rings is 2. The van der Waals surface area contributed by atoms with Crippen molar-refractivity contribution in [2.75, 3.05) is 0 Å². The van der Waals surface area contributed by atoms with Gasteiger partial charge in [0.15, 0.2) is 11.6 Å². The van der Waals surface area contributed by atoms with E-state index in [4.69, 9.17) is 4.74 Å². The zero-order valence-corrected chi connectivity index (χ0v) is 21.7. The summed E-state index contributed by atoms with van der Waals surface area (Å²) in [4.78, 5) is 29.7. The molecule has 2 amide bonds. The Balaban J connectivity index is 1.21. The van der Waals surface area contributed by atoms with Crippen LogP contribution < -0.4 is 15.4 Å². The van der Waals surface area contributed by atoms with Gasteiger partial charge in [0, 0.05) is 23.0 Å². The summed E-state index contributed by atoms with van der Waals surface area (Å²) in [5.74, 6) is -0.563. The molecular formula is C28H32FN3O3S. The van der Waals surface area contributed by atoms with E-state index in [-0.39, 0.29) is 41.7 Å². The van der Waals surface area contributed by atoms with Gasteiger partial charge in [-0.25, -0.2) is 9.37 Å². The largest absolute Gasteiger partial charge is 0.483 e. The third kappa shape index (κ3) is 6.69. The van der Waals surface area contributed by atoms with Crippen LogP contribution in [0.4, 0.5) is 4.39 Å². The highest BCUT2D eigenvalue weighted by molar-refractivity contribution is 7.09. The molecule has 0 unspecified atom stereocenters. The van der Waals surface area contributed by atoms with Gasteiger partial charge < -0.3 is 15.4 Å². The Morgan fingerprint density at radius 3 is 2.19 bits per heavy atom. The molecule has 8 heteroatoms. The zero-order chi connectivity index (χ0) is 25.7. The van der Waals surface area contributed by atoms with Crippen molar-refractivity contribution in [2.45, 2.75) is 70.6 Å². The van der Waals surface area contributed by atoms with Crippen LogP contribution in [0.3, 0.4) is 0 Å². The van der Waals surface area contributed by atoms with Crippen LogP contribution in [-0.4, -0.2) is 28.9 Å². The van der Waals surface area contributed by atoms with Crippen LogP contribution in [0, 0.1) is 5.82 Å². The molecule has 0 radical (unpaired) electrons. The first kappa shape index (κ1) is 25.8. The van der Waals surface area contributed by atoms with Crippen molar-refractivity contribution >= 4 is 23.2 Å². The minimum Gasteiger partial charge on any atom is -0.483 e. The Bertz CT molecular complexity index is 1200. The molecule has 36 heavy (non-hydrogen) atoms. The summed E-state index contributed by atoms with van der Waals surface area (Å²) in [6.07, 6.45) is 3.17. The molecule has 0 spiro atoms. The number of hydrogen-bond acceptors (Lipinski definition) is 5. The summed E-state index contributed by atoms with van der Waals surface area (Å²) < 4.78 is 19.2. The molecule has 190 valence electrons. The van der Waals surface area contributed by atoms with Gasteiger partial charge in [-0.15, -0.1) is 11.3 Å². The number of aromatic nitrogens is 1. The number of rotatable bonds is 7. The molecule has 1 aromatic heterocycles. The summed E-state index contributed by atoms with van der Waals surface area (Å²) in [6.45, 7) is 6.54. The van der Waals surface area contributed by atoms with Crippen LogP contribution in [0.25, 0.3) is 0 Å². The van der Waals surface area contributed by atoms with E-state index in [2.05, 4.69) is 36.4 Å². The molecule has 0 aliphatic heterocycles. The molecule has 0 saturated heterocycles. The normalized spacial score (nSPS) is 17.9. The number of nitrogens with zero attached hydrogens (tertiary/aromatic N) is 1. The number of carbonyl (C=O) groups is 2. The third-order valence-corrected chi connectivity index (χ3v) is 7.21. The summed E-state index contributed by atoms with van der Waals surface area (Å²) >= 11 is 1.31. The van der Waals surface area contributed by atoms with Crippen LogP contribution in [0.5, 0.6) is 5.75 Å².